The summed E-state index contributed by atoms with van der Waals surface area (Å²) >= 11 is 6.13. The first-order valence-corrected chi connectivity index (χ1v) is 7.27. The van der Waals surface area contributed by atoms with Crippen molar-refractivity contribution < 1.29 is 4.52 Å². The minimum Gasteiger partial charge on any atom is -0.337 e. The zero-order chi connectivity index (χ0) is 15.7. The summed E-state index contributed by atoms with van der Waals surface area (Å²) in [5, 5.41) is 9.02. The van der Waals surface area contributed by atoms with Crippen LogP contribution < -0.4 is 5.73 Å². The lowest BCUT2D eigenvalue weighted by molar-refractivity contribution is 0.364. The molecule has 7 heteroatoms. The molecule has 0 atom stereocenters. The number of hydrogen-bond acceptors (Lipinski definition) is 5. The quantitative estimate of drug-likeness (QED) is 0.800. The molecule has 0 radical (unpaired) electrons. The first-order chi connectivity index (χ1) is 10.6. The van der Waals surface area contributed by atoms with E-state index in [-0.39, 0.29) is 0 Å². The summed E-state index contributed by atoms with van der Waals surface area (Å²) in [7, 11) is 0. The number of rotatable bonds is 4. The Morgan fingerprint density at radius 2 is 1.95 bits per heavy atom. The van der Waals surface area contributed by atoms with Crippen LogP contribution in [-0.2, 0) is 13.1 Å². The Bertz CT molecular complexity index is 791. The average molecular weight is 318 g/mol. The fourth-order valence-electron chi connectivity index (χ4n) is 2.18. The summed E-state index contributed by atoms with van der Waals surface area (Å²) in [5.74, 6) is 1.03. The minimum absolute atomic E-state index is 0.396. The van der Waals surface area contributed by atoms with Gasteiger partial charge in [-0.3, -0.25) is 4.68 Å². The van der Waals surface area contributed by atoms with E-state index >= 15 is 0 Å². The van der Waals surface area contributed by atoms with Gasteiger partial charge in [0.25, 0.3) is 0 Å². The molecule has 3 aromatic rings. The Balaban J connectivity index is 1.82. The molecule has 6 nitrogen and oxygen atoms in total. The highest BCUT2D eigenvalue weighted by atomic mass is 35.5. The molecule has 2 aromatic heterocycles. The smallest absolute Gasteiger partial charge is 0.248 e. The highest BCUT2D eigenvalue weighted by Gasteiger charge is 2.13. The van der Waals surface area contributed by atoms with Gasteiger partial charge in [0.05, 0.1) is 16.4 Å². The van der Waals surface area contributed by atoms with E-state index in [2.05, 4.69) is 15.2 Å². The molecule has 0 aliphatic carbocycles. The van der Waals surface area contributed by atoms with E-state index in [4.69, 9.17) is 21.9 Å². The summed E-state index contributed by atoms with van der Waals surface area (Å²) < 4.78 is 7.05. The van der Waals surface area contributed by atoms with Crippen molar-refractivity contribution >= 4 is 11.6 Å². The SMILES string of the molecule is Cc1nn(Cc2nc(-c3ccc(CN)cc3)no2)c(C)c1Cl. The number of aromatic nitrogens is 4. The van der Waals surface area contributed by atoms with Crippen molar-refractivity contribution in [1.29, 1.82) is 0 Å². The number of nitrogens with zero attached hydrogens (tertiary/aromatic N) is 4. The normalized spacial score (nSPS) is 11.1. The molecule has 2 N–H and O–H groups in total. The molecule has 1 aromatic carbocycles. The van der Waals surface area contributed by atoms with Crippen LogP contribution in [-0.4, -0.2) is 19.9 Å². The highest BCUT2D eigenvalue weighted by Crippen LogP contribution is 2.21. The summed E-state index contributed by atoms with van der Waals surface area (Å²) in [4.78, 5) is 4.40. The lowest BCUT2D eigenvalue weighted by atomic mass is 10.1. The molecule has 22 heavy (non-hydrogen) atoms. The van der Waals surface area contributed by atoms with Gasteiger partial charge in [-0.15, -0.1) is 0 Å². The van der Waals surface area contributed by atoms with Crippen molar-refractivity contribution in [3.05, 3.63) is 52.1 Å². The van der Waals surface area contributed by atoms with Crippen LogP contribution in [0.5, 0.6) is 0 Å². The van der Waals surface area contributed by atoms with Crippen LogP contribution in [0.4, 0.5) is 0 Å². The van der Waals surface area contributed by atoms with Crippen molar-refractivity contribution in [3.8, 4) is 11.4 Å². The molecule has 0 spiro atoms. The van der Waals surface area contributed by atoms with E-state index in [9.17, 15) is 0 Å². The average Bonchev–Trinajstić information content (AvgIpc) is 3.09. The van der Waals surface area contributed by atoms with Gasteiger partial charge in [-0.25, -0.2) is 0 Å². The first-order valence-electron chi connectivity index (χ1n) is 6.90. The van der Waals surface area contributed by atoms with Gasteiger partial charge >= 0.3 is 0 Å². The largest absolute Gasteiger partial charge is 0.337 e. The molecule has 0 aliphatic heterocycles. The first kappa shape index (κ1) is 14.7. The molecule has 0 saturated carbocycles. The molecule has 0 amide bonds. The fraction of sp³-hybridized carbons (Fsp3) is 0.267. The standard InChI is InChI=1S/C15H16ClN5O/c1-9-14(16)10(2)21(19-9)8-13-18-15(20-22-13)12-5-3-11(7-17)4-6-12/h3-6H,7-8,17H2,1-2H3. The van der Waals surface area contributed by atoms with E-state index in [0.29, 0.717) is 29.8 Å². The monoisotopic (exact) mass is 317 g/mol. The maximum atomic E-state index is 6.13. The van der Waals surface area contributed by atoms with Gasteiger partial charge in [0.2, 0.25) is 11.7 Å². The third-order valence-corrected chi connectivity index (χ3v) is 4.04. The van der Waals surface area contributed by atoms with E-state index in [0.717, 1.165) is 22.5 Å². The van der Waals surface area contributed by atoms with Gasteiger partial charge < -0.3 is 10.3 Å². The van der Waals surface area contributed by atoms with Gasteiger partial charge in [-0.2, -0.15) is 10.1 Å². The maximum absolute atomic E-state index is 6.13. The maximum Gasteiger partial charge on any atom is 0.248 e. The molecular weight excluding hydrogens is 302 g/mol. The molecule has 0 unspecified atom stereocenters. The Hall–Kier alpha value is -2.18. The molecule has 0 fully saturated rings. The van der Waals surface area contributed by atoms with Crippen molar-refractivity contribution in [2.24, 2.45) is 5.73 Å². The van der Waals surface area contributed by atoms with Crippen molar-refractivity contribution in [1.82, 2.24) is 19.9 Å². The molecule has 0 aliphatic rings. The Morgan fingerprint density at radius 3 is 2.55 bits per heavy atom. The van der Waals surface area contributed by atoms with Gasteiger partial charge in [0.1, 0.15) is 6.54 Å². The van der Waals surface area contributed by atoms with Crippen LogP contribution in [0.25, 0.3) is 11.4 Å². The van der Waals surface area contributed by atoms with E-state index in [1.807, 2.05) is 38.1 Å². The number of benzene rings is 1. The second-order valence-electron chi connectivity index (χ2n) is 5.06. The number of aryl methyl sites for hydroxylation is 1. The Kier molecular flexibility index (Phi) is 3.96. The second-order valence-corrected chi connectivity index (χ2v) is 5.43. The van der Waals surface area contributed by atoms with Gasteiger partial charge in [0.15, 0.2) is 0 Å². The minimum atomic E-state index is 0.396. The second kappa shape index (κ2) is 5.90. The molecule has 0 bridgehead atoms. The van der Waals surface area contributed by atoms with Crippen LogP contribution in [0.3, 0.4) is 0 Å². The highest BCUT2D eigenvalue weighted by molar-refractivity contribution is 6.31. The summed E-state index contributed by atoms with van der Waals surface area (Å²) in [6.07, 6.45) is 0. The Morgan fingerprint density at radius 1 is 1.23 bits per heavy atom. The van der Waals surface area contributed by atoms with Crippen LogP contribution in [0.2, 0.25) is 5.02 Å². The van der Waals surface area contributed by atoms with Crippen molar-refractivity contribution in [2.75, 3.05) is 0 Å². The topological polar surface area (TPSA) is 82.8 Å². The van der Waals surface area contributed by atoms with Crippen LogP contribution in [0.15, 0.2) is 28.8 Å². The Labute approximate surface area is 132 Å². The zero-order valence-corrected chi connectivity index (χ0v) is 13.1. The third kappa shape index (κ3) is 2.75. The lowest BCUT2D eigenvalue weighted by Crippen LogP contribution is -2.04. The predicted molar refractivity (Wildman–Crippen MR) is 83.4 cm³/mol. The zero-order valence-electron chi connectivity index (χ0n) is 12.4. The third-order valence-electron chi connectivity index (χ3n) is 3.49. The van der Waals surface area contributed by atoms with Crippen LogP contribution in [0.1, 0.15) is 22.8 Å². The van der Waals surface area contributed by atoms with Gasteiger partial charge in [0, 0.05) is 12.1 Å². The van der Waals surface area contributed by atoms with Crippen LogP contribution >= 0.6 is 11.6 Å². The van der Waals surface area contributed by atoms with E-state index in [1.165, 1.54) is 0 Å². The lowest BCUT2D eigenvalue weighted by Gasteiger charge is -1.99. The summed E-state index contributed by atoms with van der Waals surface area (Å²) in [6.45, 7) is 4.68. The predicted octanol–water partition coefficient (Wildman–Crippen LogP) is 2.71. The fourth-order valence-corrected chi connectivity index (χ4v) is 2.32. The number of halogens is 1. The number of hydrogen-bond donors (Lipinski definition) is 1. The van der Waals surface area contributed by atoms with Crippen molar-refractivity contribution in [2.45, 2.75) is 26.9 Å². The molecular formula is C15H16ClN5O. The van der Waals surface area contributed by atoms with Gasteiger partial charge in [-0.05, 0) is 19.4 Å². The summed E-state index contributed by atoms with van der Waals surface area (Å²) in [5.41, 5.74) is 9.20. The molecule has 3 rings (SSSR count). The van der Waals surface area contributed by atoms with Gasteiger partial charge in [-0.1, -0.05) is 41.0 Å². The van der Waals surface area contributed by atoms with E-state index in [1.54, 1.807) is 4.68 Å². The molecule has 2 heterocycles. The number of nitrogens with two attached hydrogens (primary N) is 1. The molecule has 114 valence electrons. The molecule has 0 saturated heterocycles. The summed E-state index contributed by atoms with van der Waals surface area (Å²) in [6, 6.07) is 7.76. The van der Waals surface area contributed by atoms with E-state index < -0.39 is 0 Å². The van der Waals surface area contributed by atoms with Crippen molar-refractivity contribution in [3.63, 3.8) is 0 Å². The van der Waals surface area contributed by atoms with Crippen LogP contribution in [0, 0.1) is 13.8 Å².